The molecule has 3 N–H and O–H groups in total. The van der Waals surface area contributed by atoms with E-state index >= 15 is 0 Å². The number of hydrogen-bond donors (Lipinski definition) is 2. The van der Waals surface area contributed by atoms with Crippen LogP contribution in [0.25, 0.3) is 10.9 Å². The van der Waals surface area contributed by atoms with Crippen molar-refractivity contribution in [3.05, 3.63) is 24.2 Å². The van der Waals surface area contributed by atoms with Crippen molar-refractivity contribution in [3.8, 4) is 0 Å². The van der Waals surface area contributed by atoms with Crippen molar-refractivity contribution >= 4 is 10.9 Å². The highest BCUT2D eigenvalue weighted by Gasteiger charge is 2.01. The van der Waals surface area contributed by atoms with Gasteiger partial charge in [-0.25, -0.2) is 0 Å². The number of fused-ring (bicyclic) bond motifs is 1. The second-order valence-electron chi connectivity index (χ2n) is 2.63. The van der Waals surface area contributed by atoms with E-state index in [1.807, 2.05) is 12.3 Å². The third kappa shape index (κ3) is 1.06. The number of H-pyrrole nitrogens is 1. The van der Waals surface area contributed by atoms with Gasteiger partial charge in [-0.05, 0) is 12.6 Å². The van der Waals surface area contributed by atoms with Crippen LogP contribution in [0.15, 0.2) is 18.5 Å². The minimum atomic E-state index is 0.610. The first-order valence-electron chi connectivity index (χ1n) is 3.89. The Kier molecular flexibility index (Phi) is 1.75. The Bertz CT molecular complexity index is 379. The van der Waals surface area contributed by atoms with E-state index in [1.165, 1.54) is 0 Å². The first-order valence-corrected chi connectivity index (χ1v) is 3.89. The number of nitrogens with one attached hydrogen (secondary N) is 1. The van der Waals surface area contributed by atoms with Gasteiger partial charge in [0.05, 0.1) is 17.4 Å². The molecular formula is C8H10N4. The molecule has 12 heavy (non-hydrogen) atoms. The molecule has 0 fully saturated rings. The first-order chi connectivity index (χ1) is 5.92. The zero-order valence-corrected chi connectivity index (χ0v) is 6.62. The smallest absolute Gasteiger partial charge is 0.0737 e. The van der Waals surface area contributed by atoms with Gasteiger partial charge in [0, 0.05) is 18.0 Å². The molecule has 0 aromatic carbocycles. The summed E-state index contributed by atoms with van der Waals surface area (Å²) in [4.78, 5) is 3.08. The van der Waals surface area contributed by atoms with Crippen molar-refractivity contribution in [2.24, 2.45) is 5.73 Å². The Morgan fingerprint density at radius 3 is 3.25 bits per heavy atom. The molecule has 2 aromatic heterocycles. The van der Waals surface area contributed by atoms with Crippen LogP contribution in [0.4, 0.5) is 0 Å². The lowest BCUT2D eigenvalue weighted by molar-refractivity contribution is 0.882. The summed E-state index contributed by atoms with van der Waals surface area (Å²) in [6, 6.07) is 2.00. The largest absolute Gasteiger partial charge is 0.360 e. The zero-order chi connectivity index (χ0) is 8.39. The molecule has 0 unspecified atom stereocenters. The molecule has 2 rings (SSSR count). The highest BCUT2D eigenvalue weighted by molar-refractivity contribution is 5.80. The minimum absolute atomic E-state index is 0.610. The summed E-state index contributed by atoms with van der Waals surface area (Å²) >= 11 is 0. The number of nitrogens with two attached hydrogens (primary N) is 1. The van der Waals surface area contributed by atoms with Crippen LogP contribution in [0.1, 0.15) is 5.69 Å². The maximum Gasteiger partial charge on any atom is 0.0737 e. The predicted molar refractivity (Wildman–Crippen MR) is 46.6 cm³/mol. The fourth-order valence-electron chi connectivity index (χ4n) is 1.27. The lowest BCUT2D eigenvalue weighted by Crippen LogP contribution is -2.05. The van der Waals surface area contributed by atoms with Gasteiger partial charge in [0.2, 0.25) is 0 Å². The number of aromatic nitrogens is 3. The molecule has 0 saturated heterocycles. The Hall–Kier alpha value is -1.42. The number of hydrogen-bond acceptors (Lipinski definition) is 3. The molecule has 4 nitrogen and oxygen atoms in total. The minimum Gasteiger partial charge on any atom is -0.360 e. The topological polar surface area (TPSA) is 67.6 Å². The van der Waals surface area contributed by atoms with Crippen LogP contribution in [0, 0.1) is 0 Å². The molecule has 0 bridgehead atoms. The second kappa shape index (κ2) is 2.91. The molecule has 4 heteroatoms. The van der Waals surface area contributed by atoms with E-state index in [0.717, 1.165) is 23.0 Å². The van der Waals surface area contributed by atoms with E-state index in [4.69, 9.17) is 5.73 Å². The monoisotopic (exact) mass is 162 g/mol. The van der Waals surface area contributed by atoms with Gasteiger partial charge in [-0.15, -0.1) is 0 Å². The lowest BCUT2D eigenvalue weighted by Gasteiger charge is -1.96. The van der Waals surface area contributed by atoms with Crippen LogP contribution in [-0.2, 0) is 6.42 Å². The van der Waals surface area contributed by atoms with Crippen molar-refractivity contribution in [3.63, 3.8) is 0 Å². The van der Waals surface area contributed by atoms with Crippen molar-refractivity contribution in [1.29, 1.82) is 0 Å². The molecule has 0 spiro atoms. The van der Waals surface area contributed by atoms with E-state index in [-0.39, 0.29) is 0 Å². The van der Waals surface area contributed by atoms with E-state index in [0.29, 0.717) is 6.54 Å². The normalized spacial score (nSPS) is 10.8. The van der Waals surface area contributed by atoms with Crippen LogP contribution in [-0.4, -0.2) is 21.7 Å². The van der Waals surface area contributed by atoms with Gasteiger partial charge < -0.3 is 10.7 Å². The number of nitrogens with zero attached hydrogens (tertiary/aromatic N) is 2. The fraction of sp³-hybridized carbons (Fsp3) is 0.250. The molecule has 0 amide bonds. The van der Waals surface area contributed by atoms with Crippen LogP contribution >= 0.6 is 0 Å². The highest BCUT2D eigenvalue weighted by atomic mass is 15.1. The summed E-state index contributed by atoms with van der Waals surface area (Å²) in [7, 11) is 0. The average Bonchev–Trinajstić information content (AvgIpc) is 2.53. The molecule has 2 heterocycles. The molecule has 0 radical (unpaired) electrons. The van der Waals surface area contributed by atoms with Gasteiger partial charge in [-0.1, -0.05) is 0 Å². The summed E-state index contributed by atoms with van der Waals surface area (Å²) in [6.07, 6.45) is 4.38. The molecular weight excluding hydrogens is 152 g/mol. The maximum atomic E-state index is 5.44. The van der Waals surface area contributed by atoms with E-state index in [2.05, 4.69) is 15.2 Å². The number of rotatable bonds is 2. The number of aromatic amines is 1. The molecule has 0 saturated carbocycles. The summed E-state index contributed by atoms with van der Waals surface area (Å²) in [5.41, 5.74) is 7.43. The SMILES string of the molecule is NCCc1nncc2[nH]ccc12. The van der Waals surface area contributed by atoms with Crippen LogP contribution in [0.5, 0.6) is 0 Å². The Labute approximate surface area is 69.8 Å². The van der Waals surface area contributed by atoms with Gasteiger partial charge in [0.25, 0.3) is 0 Å². The molecule has 0 aliphatic heterocycles. The summed E-state index contributed by atoms with van der Waals surface area (Å²) in [5.74, 6) is 0. The highest BCUT2D eigenvalue weighted by Crippen LogP contribution is 2.13. The van der Waals surface area contributed by atoms with Crippen molar-refractivity contribution < 1.29 is 0 Å². The van der Waals surface area contributed by atoms with Crippen LogP contribution < -0.4 is 5.73 Å². The summed E-state index contributed by atoms with van der Waals surface area (Å²) < 4.78 is 0. The third-order valence-corrected chi connectivity index (χ3v) is 1.84. The van der Waals surface area contributed by atoms with Crippen LogP contribution in [0.2, 0.25) is 0 Å². The van der Waals surface area contributed by atoms with Crippen LogP contribution in [0.3, 0.4) is 0 Å². The summed E-state index contributed by atoms with van der Waals surface area (Å²) in [6.45, 7) is 0.610. The van der Waals surface area contributed by atoms with Gasteiger partial charge in [0.1, 0.15) is 0 Å². The molecule has 0 aliphatic rings. The molecule has 2 aromatic rings. The van der Waals surface area contributed by atoms with Gasteiger partial charge in [0.15, 0.2) is 0 Å². The first kappa shape index (κ1) is 7.24. The van der Waals surface area contributed by atoms with Gasteiger partial charge in [-0.2, -0.15) is 10.2 Å². The standard InChI is InChI=1S/C8H10N4/c9-3-1-7-6-2-4-10-8(6)5-11-12-7/h2,4-5,10H,1,3,9H2. The van der Waals surface area contributed by atoms with E-state index in [9.17, 15) is 0 Å². The maximum absolute atomic E-state index is 5.44. The quantitative estimate of drug-likeness (QED) is 0.674. The van der Waals surface area contributed by atoms with E-state index in [1.54, 1.807) is 6.20 Å². The second-order valence-corrected chi connectivity index (χ2v) is 2.63. The Balaban J connectivity index is 2.57. The van der Waals surface area contributed by atoms with E-state index < -0.39 is 0 Å². The lowest BCUT2D eigenvalue weighted by atomic mass is 10.2. The third-order valence-electron chi connectivity index (χ3n) is 1.84. The fourth-order valence-corrected chi connectivity index (χ4v) is 1.27. The predicted octanol–water partition coefficient (Wildman–Crippen LogP) is 0.459. The van der Waals surface area contributed by atoms with Crippen molar-refractivity contribution in [2.45, 2.75) is 6.42 Å². The summed E-state index contributed by atoms with van der Waals surface area (Å²) in [5, 5.41) is 9.01. The zero-order valence-electron chi connectivity index (χ0n) is 6.62. The molecule has 0 atom stereocenters. The molecule has 62 valence electrons. The van der Waals surface area contributed by atoms with Crippen molar-refractivity contribution in [2.75, 3.05) is 6.54 Å². The average molecular weight is 162 g/mol. The Morgan fingerprint density at radius 1 is 1.50 bits per heavy atom. The Morgan fingerprint density at radius 2 is 2.42 bits per heavy atom. The molecule has 0 aliphatic carbocycles. The van der Waals surface area contributed by atoms with Gasteiger partial charge in [-0.3, -0.25) is 0 Å². The van der Waals surface area contributed by atoms with Gasteiger partial charge >= 0.3 is 0 Å². The van der Waals surface area contributed by atoms with Crippen molar-refractivity contribution in [1.82, 2.24) is 15.2 Å².